The molecule has 3 aromatic heterocycles. The summed E-state index contributed by atoms with van der Waals surface area (Å²) in [5.41, 5.74) is 5.52. The van der Waals surface area contributed by atoms with Crippen molar-refractivity contribution in [3.8, 4) is 0 Å². The van der Waals surface area contributed by atoms with Crippen molar-refractivity contribution < 1.29 is 0 Å². The van der Waals surface area contributed by atoms with Crippen molar-refractivity contribution in [3.63, 3.8) is 0 Å². The zero-order valence-corrected chi connectivity index (χ0v) is 41.7. The van der Waals surface area contributed by atoms with E-state index >= 15 is 0 Å². The van der Waals surface area contributed by atoms with Gasteiger partial charge in [-0.15, -0.1) is 47.0 Å². The summed E-state index contributed by atoms with van der Waals surface area (Å²) >= 11 is 16.2. The van der Waals surface area contributed by atoms with Gasteiger partial charge in [-0.3, -0.25) is 9.97 Å². The van der Waals surface area contributed by atoms with Crippen molar-refractivity contribution >= 4 is 157 Å². The molecule has 12 heteroatoms. The molecule has 2 aliphatic rings. The second kappa shape index (κ2) is 22.3. The Morgan fingerprint density at radius 2 is 0.717 bits per heavy atom. The van der Waals surface area contributed by atoms with Gasteiger partial charge in [-0.1, -0.05) is 150 Å². The zero-order valence-electron chi connectivity index (χ0n) is 35.1. The maximum Gasteiger partial charge on any atom is 0.0997 e. The van der Waals surface area contributed by atoms with Crippen molar-refractivity contribution in [3.05, 3.63) is 88.3 Å². The largest absolute Gasteiger partial charge is 0.254 e. The third-order valence-electron chi connectivity index (χ3n) is 10.6. The summed E-state index contributed by atoms with van der Waals surface area (Å²) in [6, 6.07) is 17.5. The number of aromatic nitrogens is 4. The average Bonchev–Trinajstić information content (AvgIpc) is 3.88. The lowest BCUT2D eigenvalue weighted by Gasteiger charge is -2.13. The third kappa shape index (κ3) is 10.0. The molecule has 0 radical (unpaired) electrons. The minimum Gasteiger partial charge on any atom is -0.254 e. The molecule has 0 amide bonds. The zero-order chi connectivity index (χ0) is 41.3. The lowest BCUT2D eigenvalue weighted by atomic mass is 10.0. The van der Waals surface area contributed by atoms with E-state index in [0.717, 1.165) is 66.9 Å². The summed E-state index contributed by atoms with van der Waals surface area (Å²) < 4.78 is 8.50. The van der Waals surface area contributed by atoms with Gasteiger partial charge in [-0.2, -0.15) is 0 Å². The Bertz CT molecular complexity index is 2460. The van der Waals surface area contributed by atoms with E-state index in [0.29, 0.717) is 0 Å². The van der Waals surface area contributed by atoms with Crippen molar-refractivity contribution in [2.24, 2.45) is 0 Å². The molecule has 0 unspecified atom stereocenters. The number of hydrogen-bond acceptors (Lipinski definition) is 12. The second-order valence-corrected chi connectivity index (χ2v) is 25.1. The van der Waals surface area contributed by atoms with Gasteiger partial charge in [0.05, 0.1) is 58.5 Å². The quantitative estimate of drug-likeness (QED) is 0.0416. The highest BCUT2D eigenvalue weighted by atomic mass is 32.3. The molecule has 3 aromatic carbocycles. The van der Waals surface area contributed by atoms with Gasteiger partial charge in [0, 0.05) is 33.6 Å². The number of pyridine rings is 2. The molecule has 0 spiro atoms. The Balaban J connectivity index is 1.39. The molecule has 8 rings (SSSR count). The Morgan fingerprint density at radius 1 is 0.383 bits per heavy atom. The Labute approximate surface area is 389 Å². The highest BCUT2D eigenvalue weighted by Crippen LogP contribution is 2.60. The molecular formula is C48H54N4S8. The van der Waals surface area contributed by atoms with Gasteiger partial charge < -0.3 is 0 Å². The van der Waals surface area contributed by atoms with E-state index in [9.17, 15) is 0 Å². The van der Waals surface area contributed by atoms with E-state index < -0.39 is 0 Å². The summed E-state index contributed by atoms with van der Waals surface area (Å²) in [5.74, 6) is 4.63. The SMILES string of the molecule is CCCCCSC1=C(SCCCCC)SC(=c2c3ccccc3c(=C3SC(SCCCCC)=C(SCCCCC)S3)c3nc4c5cccnc5c5ncccc5c4nc23)S1. The van der Waals surface area contributed by atoms with Crippen LogP contribution in [0.25, 0.3) is 63.1 Å². The van der Waals surface area contributed by atoms with Crippen molar-refractivity contribution in [1.82, 2.24) is 19.9 Å². The van der Waals surface area contributed by atoms with Crippen LogP contribution in [0.1, 0.15) is 105 Å². The monoisotopic (exact) mass is 942 g/mol. The maximum atomic E-state index is 5.82. The lowest BCUT2D eigenvalue weighted by Crippen LogP contribution is -2.19. The van der Waals surface area contributed by atoms with Gasteiger partial charge in [0.25, 0.3) is 0 Å². The summed E-state index contributed by atoms with van der Waals surface area (Å²) in [7, 11) is 0. The summed E-state index contributed by atoms with van der Waals surface area (Å²) in [4.78, 5) is 21.4. The molecule has 6 aromatic rings. The van der Waals surface area contributed by atoms with Crippen LogP contribution in [-0.4, -0.2) is 42.9 Å². The number of benzene rings is 3. The smallest absolute Gasteiger partial charge is 0.0997 e. The van der Waals surface area contributed by atoms with Crippen LogP contribution in [0, 0.1) is 0 Å². The van der Waals surface area contributed by atoms with Crippen molar-refractivity contribution in [2.75, 3.05) is 23.0 Å². The molecule has 4 nitrogen and oxygen atoms in total. The normalized spacial score (nSPS) is 14.9. The first kappa shape index (κ1) is 44.9. The first-order valence-electron chi connectivity index (χ1n) is 21.8. The van der Waals surface area contributed by atoms with E-state index in [-0.39, 0.29) is 0 Å². The van der Waals surface area contributed by atoms with Crippen LogP contribution in [0.3, 0.4) is 0 Å². The fourth-order valence-electron chi connectivity index (χ4n) is 7.49. The predicted molar refractivity (Wildman–Crippen MR) is 284 cm³/mol. The molecule has 0 saturated heterocycles. The number of rotatable bonds is 20. The average molecular weight is 944 g/mol. The van der Waals surface area contributed by atoms with E-state index in [1.54, 1.807) is 0 Å². The molecule has 0 aliphatic carbocycles. The molecular weight excluding hydrogens is 889 g/mol. The standard InChI is InChI=1S/C48H54N4S8/c1-5-9-15-27-53-45-46(54-28-16-10-6-2)58-43(57-45)35-31-21-13-14-22-32(31)36(44-59-47(55-29-17-11-7-3)48(60-44)56-30-18-12-8-4)42-41(35)51-39-33-23-19-25-49-37(33)38-34(40(39)52-42)24-20-26-50-38/h13-14,19-26H,5-12,15-18,27-30H2,1-4H3. The Hall–Kier alpha value is -1.64. The van der Waals surface area contributed by atoms with Crippen LogP contribution < -0.4 is 10.4 Å². The highest BCUT2D eigenvalue weighted by molar-refractivity contribution is 8.46. The molecule has 0 saturated carbocycles. The van der Waals surface area contributed by atoms with Crippen LogP contribution in [-0.2, 0) is 0 Å². The summed E-state index contributed by atoms with van der Waals surface area (Å²) in [6.45, 7) is 9.19. The Morgan fingerprint density at radius 3 is 1.05 bits per heavy atom. The van der Waals surface area contributed by atoms with Gasteiger partial charge >= 0.3 is 0 Å². The van der Waals surface area contributed by atoms with Gasteiger partial charge in [0.2, 0.25) is 0 Å². The van der Waals surface area contributed by atoms with Gasteiger partial charge in [-0.05, 0) is 83.7 Å². The molecule has 0 bridgehead atoms. The van der Waals surface area contributed by atoms with E-state index in [1.807, 2.05) is 71.6 Å². The Kier molecular flexibility index (Phi) is 16.7. The molecule has 2 aliphatic heterocycles. The van der Waals surface area contributed by atoms with Gasteiger partial charge in [-0.25, -0.2) is 9.97 Å². The molecule has 0 atom stereocenters. The van der Waals surface area contributed by atoms with Crippen molar-refractivity contribution in [1.29, 1.82) is 0 Å². The topological polar surface area (TPSA) is 51.6 Å². The number of thioether (sulfide) groups is 8. The number of hydrogen-bond donors (Lipinski definition) is 0. The fourth-order valence-corrected chi connectivity index (χ4v) is 19.7. The highest BCUT2D eigenvalue weighted by Gasteiger charge is 2.28. The van der Waals surface area contributed by atoms with Crippen molar-refractivity contribution in [2.45, 2.75) is 105 Å². The first-order chi connectivity index (χ1) is 29.6. The molecule has 60 heavy (non-hydrogen) atoms. The minimum absolute atomic E-state index is 0.877. The third-order valence-corrected chi connectivity index (χ3v) is 22.0. The van der Waals surface area contributed by atoms with Crippen LogP contribution in [0.5, 0.6) is 0 Å². The van der Waals surface area contributed by atoms with Crippen LogP contribution >= 0.6 is 94.1 Å². The number of unbranched alkanes of at least 4 members (excludes halogenated alkanes) is 8. The summed E-state index contributed by atoms with van der Waals surface area (Å²) in [5, 5.41) is 6.96. The van der Waals surface area contributed by atoms with E-state index in [1.165, 1.54) is 124 Å². The maximum absolute atomic E-state index is 5.82. The van der Waals surface area contributed by atoms with E-state index in [2.05, 4.69) is 111 Å². The predicted octanol–water partition coefficient (Wildman–Crippen LogP) is 16.1. The van der Waals surface area contributed by atoms with Gasteiger partial charge in [0.1, 0.15) is 0 Å². The summed E-state index contributed by atoms with van der Waals surface area (Å²) in [6.07, 6.45) is 18.8. The lowest BCUT2D eigenvalue weighted by molar-refractivity contribution is 0.779. The van der Waals surface area contributed by atoms with Crippen LogP contribution in [0.4, 0.5) is 0 Å². The second-order valence-electron chi connectivity index (χ2n) is 15.1. The van der Waals surface area contributed by atoms with E-state index in [4.69, 9.17) is 19.9 Å². The number of nitrogens with zero attached hydrogens (tertiary/aromatic N) is 4. The minimum atomic E-state index is 0.877. The molecule has 0 N–H and O–H groups in total. The molecule has 5 heterocycles. The fraction of sp³-hybridized carbons (Fsp3) is 0.417. The first-order valence-corrected chi connectivity index (χ1v) is 29.0. The van der Waals surface area contributed by atoms with Crippen LogP contribution in [0.2, 0.25) is 0 Å². The van der Waals surface area contributed by atoms with Crippen LogP contribution in [0.15, 0.2) is 77.9 Å². The number of fused-ring (bicyclic) bond motifs is 8. The molecule has 314 valence electrons. The molecule has 0 fully saturated rings. The van der Waals surface area contributed by atoms with Gasteiger partial charge in [0.15, 0.2) is 0 Å².